The molecule has 0 fully saturated rings. The Morgan fingerprint density at radius 1 is 1.60 bits per heavy atom. The second kappa shape index (κ2) is 1.06. The summed E-state index contributed by atoms with van der Waals surface area (Å²) in [5, 5.41) is 0. The third-order valence-electron chi connectivity index (χ3n) is 0.496. The van der Waals surface area contributed by atoms with Gasteiger partial charge in [-0.3, -0.25) is 0 Å². The van der Waals surface area contributed by atoms with E-state index in [9.17, 15) is 0 Å². The van der Waals surface area contributed by atoms with Crippen LogP contribution in [-0.4, -0.2) is 11.9 Å². The Labute approximate surface area is 31.3 Å². The van der Waals surface area contributed by atoms with Crippen LogP contribution in [0.25, 0.3) is 0 Å². The molecule has 1 nitrogen and oxygen atoms in total. The minimum atomic E-state index is 1.88. The number of hydrogen-bond donors (Lipinski definition) is 1. The third-order valence-corrected chi connectivity index (χ3v) is 0.496. The molecule has 0 aliphatic rings. The second-order valence-corrected chi connectivity index (χ2v) is 0.885. The van der Waals surface area contributed by atoms with Gasteiger partial charge in [0.1, 0.15) is 0 Å². The Morgan fingerprint density at radius 2 is 2.60 bits per heavy atom. The van der Waals surface area contributed by atoms with Crippen molar-refractivity contribution in [3.8, 4) is 0 Å². The third kappa shape index (κ3) is 0.378. The Hall–Kier alpha value is -0.525. The maximum atomic E-state index is 2.86. The molecule has 2 heteroatoms. The van der Waals surface area contributed by atoms with Crippen LogP contribution < -0.4 is 0 Å². The van der Waals surface area contributed by atoms with Crippen LogP contribution in [-0.2, 0) is 0 Å². The molecule has 1 aromatic rings. The van der Waals surface area contributed by atoms with Crippen LogP contribution in [0.3, 0.4) is 0 Å². The van der Waals surface area contributed by atoms with Crippen molar-refractivity contribution in [3.05, 3.63) is 18.2 Å². The fourth-order valence-corrected chi connectivity index (χ4v) is 0.278. The van der Waals surface area contributed by atoms with Crippen LogP contribution in [0, 0.1) is 0 Å². The number of aromatic nitrogens is 1. The molecule has 0 radical (unpaired) electrons. The van der Waals surface area contributed by atoms with Crippen LogP contribution >= 0.6 is 0 Å². The van der Waals surface area contributed by atoms with Gasteiger partial charge >= 0.3 is 30.2 Å². The molecule has 1 N–H and O–H groups in total. The minimum absolute atomic E-state index is 1.88. The van der Waals surface area contributed by atoms with Crippen molar-refractivity contribution in [1.29, 1.82) is 0 Å². The van der Waals surface area contributed by atoms with Crippen molar-refractivity contribution in [1.82, 2.24) is 4.89 Å². The zero-order valence-electron chi connectivity index (χ0n) is 2.81. The summed E-state index contributed by atoms with van der Waals surface area (Å²) < 4.78 is 0. The van der Waals surface area contributed by atoms with Gasteiger partial charge in [0.2, 0.25) is 0 Å². The predicted octanol–water partition coefficient (Wildman–Crippen LogP) is 0.353. The van der Waals surface area contributed by atoms with Crippen LogP contribution in [0.5, 0.6) is 0 Å². The molecule has 24 valence electrons. The molecule has 0 aliphatic carbocycles. The zero-order chi connectivity index (χ0) is 3.54. The summed E-state index contributed by atoms with van der Waals surface area (Å²) in [5.41, 5.74) is 0. The van der Waals surface area contributed by atoms with Gasteiger partial charge in [-0.2, -0.15) is 0 Å². The van der Waals surface area contributed by atoms with Crippen LogP contribution in [0.1, 0.15) is 0 Å². The molecule has 0 unspecified atom stereocenters. The molecule has 5 heavy (non-hydrogen) atoms. The van der Waals surface area contributed by atoms with Gasteiger partial charge in [0.25, 0.3) is 0 Å². The molecule has 1 heterocycles. The van der Waals surface area contributed by atoms with E-state index in [1.807, 2.05) is 25.3 Å². The Kier molecular flexibility index (Phi) is 0.574. The van der Waals surface area contributed by atoms with Gasteiger partial charge in [-0.25, -0.2) is 0 Å². The number of aromatic amines is 1. The van der Waals surface area contributed by atoms with Crippen molar-refractivity contribution < 1.29 is 0 Å². The van der Waals surface area contributed by atoms with Gasteiger partial charge in [0.15, 0.2) is 0 Å². The molecule has 0 amide bonds. The fraction of sp³-hybridized carbons (Fsp3) is 0. The summed E-state index contributed by atoms with van der Waals surface area (Å²) in [5.74, 6) is 1.94. The Bertz CT molecular complexity index is 63.4. The SMILES string of the molecule is b1ccc[nH]1. The first kappa shape index (κ1) is 2.70. The number of H-pyrrole nitrogens is 1. The molecule has 0 atom stereocenters. The quantitative estimate of drug-likeness (QED) is 0.449. The van der Waals surface area contributed by atoms with Crippen molar-refractivity contribution in [3.63, 3.8) is 0 Å². The van der Waals surface area contributed by atoms with Crippen LogP contribution in [0.2, 0.25) is 0 Å². The topological polar surface area (TPSA) is 15.8 Å². The monoisotopic (exact) mass is 65.0 g/mol. The summed E-state index contributed by atoms with van der Waals surface area (Å²) >= 11 is 0. The van der Waals surface area contributed by atoms with Crippen molar-refractivity contribution in [2.45, 2.75) is 0 Å². The molecule has 0 spiro atoms. The number of hydrogen-bond acceptors (Lipinski definition) is 0. The van der Waals surface area contributed by atoms with E-state index in [0.29, 0.717) is 0 Å². The second-order valence-electron chi connectivity index (χ2n) is 0.885. The van der Waals surface area contributed by atoms with Gasteiger partial charge in [-0.1, -0.05) is 0 Å². The standard InChI is InChI=1S/C3H4BN/c1-2-4-5-3-1/h1-3,5H. The molecule has 0 bridgehead atoms. The summed E-state index contributed by atoms with van der Waals surface area (Å²) in [6.07, 6.45) is 1.88. The summed E-state index contributed by atoms with van der Waals surface area (Å²) in [7, 11) is 1.88. The van der Waals surface area contributed by atoms with Gasteiger partial charge in [-0.05, 0) is 0 Å². The molecule has 0 saturated carbocycles. The predicted molar refractivity (Wildman–Crippen MR) is 22.1 cm³/mol. The molecular weight excluding hydrogens is 60.9 g/mol. The van der Waals surface area contributed by atoms with Gasteiger partial charge in [-0.15, -0.1) is 0 Å². The van der Waals surface area contributed by atoms with E-state index in [1.54, 1.807) is 0 Å². The van der Waals surface area contributed by atoms with Crippen LogP contribution in [0.4, 0.5) is 0 Å². The molecular formula is C3H4BN. The summed E-state index contributed by atoms with van der Waals surface area (Å²) in [6, 6.07) is 1.94. The first-order chi connectivity index (χ1) is 2.50. The number of rotatable bonds is 0. The number of nitrogens with one attached hydrogen (secondary N) is 1. The maximum absolute atomic E-state index is 2.86. The summed E-state index contributed by atoms with van der Waals surface area (Å²) in [4.78, 5) is 2.86. The zero-order valence-corrected chi connectivity index (χ0v) is 2.81. The van der Waals surface area contributed by atoms with E-state index in [1.165, 1.54) is 0 Å². The molecule has 0 saturated heterocycles. The average Bonchev–Trinajstić information content (AvgIpc) is 1.76. The van der Waals surface area contributed by atoms with Crippen molar-refractivity contribution in [2.75, 3.05) is 0 Å². The Morgan fingerprint density at radius 3 is 2.80 bits per heavy atom. The molecule has 1 rings (SSSR count). The van der Waals surface area contributed by atoms with E-state index in [2.05, 4.69) is 4.89 Å². The average molecular weight is 64.9 g/mol. The normalized spacial score (nSPS) is 7.20. The van der Waals surface area contributed by atoms with Crippen molar-refractivity contribution >= 4 is 7.05 Å². The molecule has 0 aliphatic heterocycles. The fourth-order valence-electron chi connectivity index (χ4n) is 0.278. The Balaban J connectivity index is 3.13. The summed E-state index contributed by atoms with van der Waals surface area (Å²) in [6.45, 7) is 0. The molecule has 0 aromatic carbocycles. The van der Waals surface area contributed by atoms with Gasteiger partial charge < -0.3 is 0 Å². The van der Waals surface area contributed by atoms with E-state index >= 15 is 0 Å². The van der Waals surface area contributed by atoms with E-state index in [0.717, 1.165) is 0 Å². The molecule has 1 aromatic heterocycles. The van der Waals surface area contributed by atoms with E-state index in [4.69, 9.17) is 0 Å². The van der Waals surface area contributed by atoms with Gasteiger partial charge in [0, 0.05) is 0 Å². The first-order valence-electron chi connectivity index (χ1n) is 1.58. The van der Waals surface area contributed by atoms with Gasteiger partial charge in [0.05, 0.1) is 0 Å². The van der Waals surface area contributed by atoms with E-state index in [-0.39, 0.29) is 0 Å². The van der Waals surface area contributed by atoms with E-state index < -0.39 is 0 Å². The van der Waals surface area contributed by atoms with Crippen molar-refractivity contribution in [2.24, 2.45) is 0 Å². The van der Waals surface area contributed by atoms with Crippen LogP contribution in [0.15, 0.2) is 18.2 Å². The first-order valence-corrected chi connectivity index (χ1v) is 1.58.